The quantitative estimate of drug-likeness (QED) is 0.0335. The zero-order chi connectivity index (χ0) is 71.8. The number of hydrogen-bond acceptors (Lipinski definition) is 14. The molecule has 0 bridgehead atoms. The number of aromatic nitrogens is 4. The van der Waals surface area contributed by atoms with E-state index >= 15 is 9.18 Å². The summed E-state index contributed by atoms with van der Waals surface area (Å²) >= 11 is 1.55. The number of halogens is 2. The minimum atomic E-state index is -1.94. The van der Waals surface area contributed by atoms with Gasteiger partial charge >= 0.3 is 0 Å². The van der Waals surface area contributed by atoms with Crippen molar-refractivity contribution >= 4 is 80.9 Å². The molecule has 2 saturated carbocycles. The molecule has 5 fully saturated rings. The summed E-state index contributed by atoms with van der Waals surface area (Å²) in [6.45, 7) is 22.6. The van der Waals surface area contributed by atoms with Crippen LogP contribution in [0.4, 0.5) is 26.0 Å². The summed E-state index contributed by atoms with van der Waals surface area (Å²) in [6.07, 6.45) is 11.8. The van der Waals surface area contributed by atoms with Gasteiger partial charge in [-0.25, -0.2) is 23.7 Å². The molecule has 3 aromatic heterocycles. The lowest BCUT2D eigenvalue weighted by Gasteiger charge is -2.49. The van der Waals surface area contributed by atoms with Gasteiger partial charge in [-0.1, -0.05) is 64.3 Å². The summed E-state index contributed by atoms with van der Waals surface area (Å²) in [5.74, 6) is -1.30. The van der Waals surface area contributed by atoms with E-state index in [1.807, 2.05) is 106 Å². The predicted octanol–water partition coefficient (Wildman–Crippen LogP) is 11.7. The van der Waals surface area contributed by atoms with Gasteiger partial charge < -0.3 is 50.6 Å². The Morgan fingerprint density at radius 1 is 0.802 bits per heavy atom. The van der Waals surface area contributed by atoms with Gasteiger partial charge in [0, 0.05) is 92.7 Å². The number of hydrogen-bond donors (Lipinski definition) is 5. The van der Waals surface area contributed by atoms with Crippen LogP contribution in [0.15, 0.2) is 66.4 Å². The molecule has 24 heteroatoms. The molecule has 6 aliphatic rings. The van der Waals surface area contributed by atoms with Crippen LogP contribution in [0, 0.1) is 31.0 Å². The van der Waals surface area contributed by atoms with Crippen LogP contribution in [-0.2, 0) is 40.7 Å². The Morgan fingerprint density at radius 2 is 1.53 bits per heavy atom. The summed E-state index contributed by atoms with van der Waals surface area (Å²) in [7, 11) is 0. The first-order valence-electron chi connectivity index (χ1n) is 36.5. The number of likely N-dealkylation sites (tertiary alicyclic amines) is 3. The monoisotopic (exact) mass is 1400 g/mol. The number of unbranched alkanes of at least 4 members (excludes halogenated alkanes) is 4. The van der Waals surface area contributed by atoms with Crippen molar-refractivity contribution in [2.24, 2.45) is 11.3 Å². The van der Waals surface area contributed by atoms with E-state index in [9.17, 15) is 33.2 Å². The Morgan fingerprint density at radius 3 is 2.24 bits per heavy atom. The minimum absolute atomic E-state index is 0.00814. The number of ether oxygens (including phenoxy) is 1. The maximum absolute atomic E-state index is 16.0. The van der Waals surface area contributed by atoms with Crippen LogP contribution in [0.2, 0.25) is 0 Å². The van der Waals surface area contributed by atoms with Crippen molar-refractivity contribution in [2.45, 2.75) is 219 Å². The van der Waals surface area contributed by atoms with E-state index in [1.54, 1.807) is 31.5 Å². The molecule has 0 unspecified atom stereocenters. The highest BCUT2D eigenvalue weighted by Crippen LogP contribution is 2.53. The van der Waals surface area contributed by atoms with E-state index < -0.39 is 40.3 Å². The van der Waals surface area contributed by atoms with E-state index in [4.69, 9.17) is 14.7 Å². The van der Waals surface area contributed by atoms with Crippen LogP contribution >= 0.6 is 11.3 Å². The van der Waals surface area contributed by atoms with Crippen LogP contribution in [0.3, 0.4) is 0 Å². The second-order valence-corrected chi connectivity index (χ2v) is 31.5. The van der Waals surface area contributed by atoms with Crippen molar-refractivity contribution in [3.8, 4) is 27.4 Å². The molecule has 101 heavy (non-hydrogen) atoms. The molecular weight excluding hydrogens is 1300 g/mol. The number of nitrogens with one attached hydrogen (secondary N) is 5. The summed E-state index contributed by atoms with van der Waals surface area (Å²) in [4.78, 5) is 119. The second kappa shape index (κ2) is 29.9. The fourth-order valence-electron chi connectivity index (χ4n) is 15.5. The number of pyridine rings is 1. The van der Waals surface area contributed by atoms with Gasteiger partial charge in [0.25, 0.3) is 11.8 Å². The highest BCUT2D eigenvalue weighted by molar-refractivity contribution is 7.13. The lowest BCUT2D eigenvalue weighted by atomic mass is 9.73. The number of alkyl halides is 1. The zero-order valence-corrected chi connectivity index (χ0v) is 61.0. The molecule has 12 rings (SSSR count). The molecule has 1 spiro atoms. The highest BCUT2D eigenvalue weighted by atomic mass is 32.1. The van der Waals surface area contributed by atoms with Gasteiger partial charge in [-0.3, -0.25) is 38.5 Å². The van der Waals surface area contributed by atoms with Crippen molar-refractivity contribution in [1.82, 2.24) is 55.5 Å². The zero-order valence-electron chi connectivity index (χ0n) is 60.2. The van der Waals surface area contributed by atoms with Gasteiger partial charge in [0.15, 0.2) is 11.5 Å². The topological polar surface area (TPSA) is 245 Å². The highest BCUT2D eigenvalue weighted by Gasteiger charge is 2.57. The fourth-order valence-corrected chi connectivity index (χ4v) is 16.3. The number of fused-ring (bicyclic) bond motifs is 3. The first-order valence-corrected chi connectivity index (χ1v) is 37.4. The SMILES string of the molecule is CC(=O)N1CCC2(CC1)C(=O)N([C@H]1C[C@@H](N3CCC[C@@H](C(=O)NCCCCCCCOc4cc(-c5scnc5C)ccc4CNC(=O)[C@@H]4CCCN4C(=O)[C@@H](NC(=O)C4(F)CC4)C(C)(C)C)C3)C1)c1cc(-c3cc4ncn(C(C)C)c4c(Nc4cc(C(=O)NC(C)C)c(C)cc4F)n3)ccc12. The van der Waals surface area contributed by atoms with Gasteiger partial charge in [-0.15, -0.1) is 11.3 Å². The number of nitrogens with zero attached hydrogens (tertiary/aromatic N) is 8. The normalized spacial score (nSPS) is 20.5. The molecule has 2 aliphatic carbocycles. The molecule has 21 nitrogen and oxygen atoms in total. The largest absolute Gasteiger partial charge is 0.493 e. The lowest BCUT2D eigenvalue weighted by Crippen LogP contribution is -2.59. The Kier molecular flexibility index (Phi) is 21.4. The van der Waals surface area contributed by atoms with E-state index in [2.05, 4.69) is 48.6 Å². The number of rotatable bonds is 25. The first-order chi connectivity index (χ1) is 48.2. The predicted molar refractivity (Wildman–Crippen MR) is 387 cm³/mol. The van der Waals surface area contributed by atoms with Gasteiger partial charge in [0.05, 0.1) is 57.2 Å². The summed E-state index contributed by atoms with van der Waals surface area (Å²) < 4.78 is 39.2. The van der Waals surface area contributed by atoms with Crippen LogP contribution in [0.1, 0.15) is 190 Å². The minimum Gasteiger partial charge on any atom is -0.493 e. The van der Waals surface area contributed by atoms with Gasteiger partial charge in [-0.05, 0) is 178 Å². The summed E-state index contributed by atoms with van der Waals surface area (Å²) in [5, 5.41) is 15.2. The molecule has 4 aliphatic heterocycles. The molecule has 0 radical (unpaired) electrons. The number of benzene rings is 3. The third-order valence-electron chi connectivity index (χ3n) is 21.6. The van der Waals surface area contributed by atoms with Crippen LogP contribution < -0.4 is 36.2 Å². The number of carbonyl (C=O) groups excluding carboxylic acids is 7. The number of anilines is 3. The first kappa shape index (κ1) is 72.4. The molecule has 3 atom stereocenters. The smallest absolute Gasteiger partial charge is 0.258 e. The van der Waals surface area contributed by atoms with E-state index in [-0.39, 0.29) is 90.6 Å². The number of piperidine rings is 2. The van der Waals surface area contributed by atoms with Crippen molar-refractivity contribution < 1.29 is 47.1 Å². The Hall–Kier alpha value is -8.38. The lowest BCUT2D eigenvalue weighted by molar-refractivity contribution is -0.144. The number of thiazole rings is 1. The average molecular weight is 1400 g/mol. The summed E-state index contributed by atoms with van der Waals surface area (Å²) in [6, 6.07) is 15.1. The van der Waals surface area contributed by atoms with E-state index in [1.165, 1.54) is 17.0 Å². The van der Waals surface area contributed by atoms with Gasteiger partial charge in [-0.2, -0.15) is 0 Å². The number of aryl methyl sites for hydroxylation is 2. The number of carbonyl (C=O) groups is 7. The molecular formula is C77H99F2N13O8S. The third-order valence-corrected chi connectivity index (χ3v) is 22.6. The van der Waals surface area contributed by atoms with E-state index in [0.29, 0.717) is 104 Å². The van der Waals surface area contributed by atoms with Gasteiger partial charge in [0.2, 0.25) is 29.5 Å². The second-order valence-electron chi connectivity index (χ2n) is 30.6. The van der Waals surface area contributed by atoms with E-state index in [0.717, 1.165) is 103 Å². The molecule has 7 heterocycles. The molecule has 5 N–H and O–H groups in total. The van der Waals surface area contributed by atoms with Crippen LogP contribution in [0.5, 0.6) is 5.75 Å². The van der Waals surface area contributed by atoms with Crippen molar-refractivity contribution in [1.29, 1.82) is 0 Å². The van der Waals surface area contributed by atoms with Crippen LogP contribution in [-0.4, -0.2) is 157 Å². The van der Waals surface area contributed by atoms with Crippen molar-refractivity contribution in [2.75, 3.05) is 56.1 Å². The average Bonchev–Trinajstić information content (AvgIpc) is 1.56. The number of imidazole rings is 1. The third kappa shape index (κ3) is 15.4. The van der Waals surface area contributed by atoms with Crippen molar-refractivity contribution in [3.05, 3.63) is 100 Å². The van der Waals surface area contributed by atoms with Crippen LogP contribution in [0.25, 0.3) is 32.7 Å². The molecule has 3 aromatic carbocycles. The Bertz CT molecular complexity index is 4130. The maximum atomic E-state index is 16.0. The molecule has 3 saturated heterocycles. The molecule has 540 valence electrons. The Labute approximate surface area is 595 Å². The van der Waals surface area contributed by atoms with Gasteiger partial charge in [0.1, 0.15) is 29.2 Å². The number of amides is 7. The standard InChI is InChI=1S/C77H99F2N13O8S/c1-45(2)84-70(95)56-39-60(58(78)34-47(56)5)86-68-65-61(82-43-91(65)46(3)4)40-59(85-68)50-22-23-57-63(35-50)92(74(99)76(57)26-31-88(32-27-76)49(7)93)55-37-54(38-55)89-29-16-18-53(42-89)69(94)80-28-14-12-11-13-15-33-100-64-36-51(66-48(6)83-44-101-66)20-21-52(64)41-81-71(96)62-19-17-30-90(62)72(97)67(75(8,9)10)87-73(98)77(79)24-25-77/h20-23,34-36,39-40,43-46,53-55,62,67H,11-19,24-33,37-38,41-42H2,1-10H3,(H,80,94)(H,81,96)(H,84,95)(H,85,86)(H,87,98)/t53-,54-,55+,62+,67-/m1/s1. The summed E-state index contributed by atoms with van der Waals surface area (Å²) in [5.41, 5.74) is 6.40. The molecule has 7 amide bonds. The fraction of sp³-hybridized carbons (Fsp3) is 0.558. The van der Waals surface area contributed by atoms with Crippen molar-refractivity contribution in [3.63, 3.8) is 0 Å². The molecule has 6 aromatic rings. The Balaban J connectivity index is 0.639. The maximum Gasteiger partial charge on any atom is 0.258 e.